The first-order chi connectivity index (χ1) is 8.37. The van der Waals surface area contributed by atoms with Gasteiger partial charge >= 0.3 is 6.18 Å². The number of unbranched alkanes of at least 4 members (excludes halogenated alkanes) is 1. The maximum atomic E-state index is 12.2. The van der Waals surface area contributed by atoms with Crippen molar-refractivity contribution in [3.63, 3.8) is 0 Å². The number of piperazine rings is 1. The van der Waals surface area contributed by atoms with Crippen molar-refractivity contribution in [2.24, 2.45) is 0 Å². The molecule has 1 aliphatic heterocycles. The van der Waals surface area contributed by atoms with Crippen molar-refractivity contribution in [2.75, 3.05) is 39.3 Å². The van der Waals surface area contributed by atoms with Gasteiger partial charge in [-0.15, -0.1) is 0 Å². The normalized spacial score (nSPS) is 21.2. The lowest BCUT2D eigenvalue weighted by atomic mass is 10.1. The fourth-order valence-corrected chi connectivity index (χ4v) is 2.20. The highest BCUT2D eigenvalue weighted by Gasteiger charge is 2.31. The average molecular weight is 268 g/mol. The van der Waals surface area contributed by atoms with E-state index in [1.165, 1.54) is 4.90 Å². The molecule has 0 aromatic rings. The Bertz CT molecular complexity index is 226. The van der Waals surface area contributed by atoms with Crippen molar-refractivity contribution in [1.82, 2.24) is 9.80 Å². The summed E-state index contributed by atoms with van der Waals surface area (Å²) in [6, 6.07) is 0. The minimum atomic E-state index is -4.08. The van der Waals surface area contributed by atoms with Gasteiger partial charge in [-0.25, -0.2) is 0 Å². The molecule has 1 unspecified atom stereocenters. The Morgan fingerprint density at radius 3 is 2.11 bits per heavy atom. The van der Waals surface area contributed by atoms with Crippen LogP contribution >= 0.6 is 0 Å². The van der Waals surface area contributed by atoms with Crippen LogP contribution in [0.2, 0.25) is 0 Å². The number of nitrogens with zero attached hydrogens (tertiary/aromatic N) is 2. The topological polar surface area (TPSA) is 26.7 Å². The summed E-state index contributed by atoms with van der Waals surface area (Å²) in [6.07, 6.45) is -1.56. The Labute approximate surface area is 107 Å². The quantitative estimate of drug-likeness (QED) is 0.743. The van der Waals surface area contributed by atoms with E-state index in [-0.39, 0.29) is 6.10 Å². The molecule has 1 fully saturated rings. The molecular formula is C12H23F3N2O. The molecule has 0 aromatic heterocycles. The fraction of sp³-hybridized carbons (Fsp3) is 1.00. The summed E-state index contributed by atoms with van der Waals surface area (Å²) in [5.74, 6) is 0. The minimum Gasteiger partial charge on any atom is -0.393 e. The van der Waals surface area contributed by atoms with Gasteiger partial charge in [0, 0.05) is 26.2 Å². The van der Waals surface area contributed by atoms with Crippen LogP contribution < -0.4 is 0 Å². The first-order valence-electron chi connectivity index (χ1n) is 6.56. The van der Waals surface area contributed by atoms with Crippen LogP contribution in [0, 0.1) is 0 Å². The smallest absolute Gasteiger partial charge is 0.393 e. The second-order valence-electron chi connectivity index (χ2n) is 5.08. The highest BCUT2D eigenvalue weighted by molar-refractivity contribution is 4.73. The van der Waals surface area contributed by atoms with Gasteiger partial charge in [0.25, 0.3) is 0 Å². The Morgan fingerprint density at radius 1 is 1.06 bits per heavy atom. The summed E-state index contributed by atoms with van der Waals surface area (Å²) >= 11 is 0. The standard InChI is InChI=1S/C12H23F3N2O/c1-11(18)4-2-3-5-16-6-8-17(9-7-16)10-12(13,14)15/h11,18H,2-10H2,1H3. The van der Waals surface area contributed by atoms with Gasteiger partial charge < -0.3 is 10.0 Å². The predicted molar refractivity (Wildman–Crippen MR) is 64.5 cm³/mol. The number of hydrogen-bond acceptors (Lipinski definition) is 3. The van der Waals surface area contributed by atoms with E-state index in [1.807, 2.05) is 0 Å². The maximum absolute atomic E-state index is 12.2. The van der Waals surface area contributed by atoms with Gasteiger partial charge in [-0.05, 0) is 32.7 Å². The molecule has 1 saturated heterocycles. The van der Waals surface area contributed by atoms with Crippen LogP contribution in [0.3, 0.4) is 0 Å². The summed E-state index contributed by atoms with van der Waals surface area (Å²) < 4.78 is 36.5. The van der Waals surface area contributed by atoms with Crippen molar-refractivity contribution in [2.45, 2.75) is 38.5 Å². The molecule has 1 N–H and O–H groups in total. The van der Waals surface area contributed by atoms with Gasteiger partial charge in [0.05, 0.1) is 12.6 Å². The van der Waals surface area contributed by atoms with E-state index in [1.54, 1.807) is 6.92 Å². The SMILES string of the molecule is CC(O)CCCCN1CCN(CC(F)(F)F)CC1. The summed E-state index contributed by atoms with van der Waals surface area (Å²) in [4.78, 5) is 3.67. The second kappa shape index (κ2) is 7.31. The molecule has 0 aliphatic carbocycles. The van der Waals surface area contributed by atoms with E-state index in [9.17, 15) is 13.2 Å². The monoisotopic (exact) mass is 268 g/mol. The van der Waals surface area contributed by atoms with E-state index < -0.39 is 12.7 Å². The van der Waals surface area contributed by atoms with Gasteiger partial charge in [-0.1, -0.05) is 0 Å². The number of alkyl halides is 3. The lowest BCUT2D eigenvalue weighted by Gasteiger charge is -2.34. The Morgan fingerprint density at radius 2 is 1.61 bits per heavy atom. The molecular weight excluding hydrogens is 245 g/mol. The first-order valence-corrected chi connectivity index (χ1v) is 6.56. The van der Waals surface area contributed by atoms with E-state index in [2.05, 4.69) is 4.90 Å². The van der Waals surface area contributed by atoms with Gasteiger partial charge in [-0.2, -0.15) is 13.2 Å². The van der Waals surface area contributed by atoms with E-state index in [0.29, 0.717) is 26.2 Å². The Kier molecular flexibility index (Phi) is 6.38. The molecule has 1 rings (SSSR count). The molecule has 108 valence electrons. The third kappa shape index (κ3) is 7.18. The van der Waals surface area contributed by atoms with Crippen LogP contribution in [-0.4, -0.2) is 66.5 Å². The van der Waals surface area contributed by atoms with Crippen molar-refractivity contribution in [3.8, 4) is 0 Å². The molecule has 0 saturated carbocycles. The number of aliphatic hydroxyl groups is 1. The van der Waals surface area contributed by atoms with Crippen LogP contribution in [0.15, 0.2) is 0 Å². The van der Waals surface area contributed by atoms with Crippen molar-refractivity contribution < 1.29 is 18.3 Å². The Hall–Kier alpha value is -0.330. The zero-order valence-corrected chi connectivity index (χ0v) is 10.9. The molecule has 0 amide bonds. The van der Waals surface area contributed by atoms with Crippen LogP contribution in [0.25, 0.3) is 0 Å². The Balaban J connectivity index is 2.08. The van der Waals surface area contributed by atoms with Gasteiger partial charge in [0.1, 0.15) is 0 Å². The van der Waals surface area contributed by atoms with E-state index in [0.717, 1.165) is 25.8 Å². The third-order valence-electron chi connectivity index (χ3n) is 3.21. The molecule has 6 heteroatoms. The van der Waals surface area contributed by atoms with Crippen LogP contribution in [0.4, 0.5) is 13.2 Å². The van der Waals surface area contributed by atoms with Gasteiger partial charge in [-0.3, -0.25) is 4.90 Å². The lowest BCUT2D eigenvalue weighted by molar-refractivity contribution is -0.149. The molecule has 0 radical (unpaired) electrons. The molecule has 1 heterocycles. The number of hydrogen-bond donors (Lipinski definition) is 1. The van der Waals surface area contributed by atoms with Gasteiger partial charge in [0.15, 0.2) is 0 Å². The number of aliphatic hydroxyl groups excluding tert-OH is 1. The number of halogens is 3. The largest absolute Gasteiger partial charge is 0.401 e. The second-order valence-corrected chi connectivity index (χ2v) is 5.08. The number of rotatable bonds is 6. The van der Waals surface area contributed by atoms with E-state index in [4.69, 9.17) is 5.11 Å². The first kappa shape index (κ1) is 15.7. The molecule has 0 bridgehead atoms. The maximum Gasteiger partial charge on any atom is 0.401 e. The highest BCUT2D eigenvalue weighted by atomic mass is 19.4. The summed E-state index contributed by atoms with van der Waals surface area (Å²) in [5.41, 5.74) is 0. The molecule has 0 spiro atoms. The molecule has 3 nitrogen and oxygen atoms in total. The van der Waals surface area contributed by atoms with Gasteiger partial charge in [0.2, 0.25) is 0 Å². The highest BCUT2D eigenvalue weighted by Crippen LogP contribution is 2.17. The molecule has 1 aliphatic rings. The van der Waals surface area contributed by atoms with E-state index >= 15 is 0 Å². The summed E-state index contributed by atoms with van der Waals surface area (Å²) in [7, 11) is 0. The van der Waals surface area contributed by atoms with Crippen molar-refractivity contribution >= 4 is 0 Å². The molecule has 1 atom stereocenters. The van der Waals surface area contributed by atoms with Crippen molar-refractivity contribution in [3.05, 3.63) is 0 Å². The predicted octanol–water partition coefficient (Wildman–Crippen LogP) is 1.72. The zero-order chi connectivity index (χ0) is 13.6. The average Bonchev–Trinajstić information content (AvgIpc) is 2.24. The summed E-state index contributed by atoms with van der Waals surface area (Å²) in [6.45, 7) is 4.33. The van der Waals surface area contributed by atoms with Crippen LogP contribution in [-0.2, 0) is 0 Å². The minimum absolute atomic E-state index is 0.256. The summed E-state index contributed by atoms with van der Waals surface area (Å²) in [5, 5.41) is 9.11. The lowest BCUT2D eigenvalue weighted by Crippen LogP contribution is -2.49. The van der Waals surface area contributed by atoms with Crippen LogP contribution in [0.5, 0.6) is 0 Å². The fourth-order valence-electron chi connectivity index (χ4n) is 2.20. The van der Waals surface area contributed by atoms with Crippen molar-refractivity contribution in [1.29, 1.82) is 0 Å². The molecule has 0 aromatic carbocycles. The zero-order valence-electron chi connectivity index (χ0n) is 10.9. The molecule has 18 heavy (non-hydrogen) atoms. The van der Waals surface area contributed by atoms with Crippen LogP contribution in [0.1, 0.15) is 26.2 Å². The third-order valence-corrected chi connectivity index (χ3v) is 3.21.